The van der Waals surface area contributed by atoms with Crippen molar-refractivity contribution in [2.24, 2.45) is 0 Å². The lowest BCUT2D eigenvalue weighted by Gasteiger charge is -2.29. The lowest BCUT2D eigenvalue weighted by molar-refractivity contribution is -0.139. The van der Waals surface area contributed by atoms with E-state index in [1.54, 1.807) is 0 Å². The van der Waals surface area contributed by atoms with Gasteiger partial charge in [0.05, 0.1) is 25.9 Å². The summed E-state index contributed by atoms with van der Waals surface area (Å²) in [5.74, 6) is -0.479. The van der Waals surface area contributed by atoms with E-state index < -0.39 is 34.4 Å². The van der Waals surface area contributed by atoms with Gasteiger partial charge in [0.2, 0.25) is 0 Å². The molecule has 13 heteroatoms. The van der Waals surface area contributed by atoms with Gasteiger partial charge in [-0.25, -0.2) is 10.3 Å². The summed E-state index contributed by atoms with van der Waals surface area (Å²) >= 11 is 0. The summed E-state index contributed by atoms with van der Waals surface area (Å²) in [6, 6.07) is -2.09. The summed E-state index contributed by atoms with van der Waals surface area (Å²) in [5.41, 5.74) is 2.34. The van der Waals surface area contributed by atoms with Gasteiger partial charge in [0, 0.05) is 26.2 Å². The van der Waals surface area contributed by atoms with Crippen molar-refractivity contribution in [3.05, 3.63) is 0 Å². The number of carbonyl (C=O) groups excluding carboxylic acids is 2. The minimum atomic E-state index is -4.81. The third-order valence-corrected chi connectivity index (χ3v) is 4.94. The molecule has 2 bridgehead atoms. The number of ether oxygens (including phenoxy) is 1. The van der Waals surface area contributed by atoms with Gasteiger partial charge >= 0.3 is 16.4 Å². The average Bonchev–Trinajstić information content (AvgIpc) is 2.83. The molecule has 2 unspecified atom stereocenters. The van der Waals surface area contributed by atoms with Crippen molar-refractivity contribution < 1.29 is 36.4 Å². The quantitative estimate of drug-likeness (QED) is 0.296. The lowest BCUT2D eigenvalue weighted by atomic mass is 10.0. The molecule has 3 heterocycles. The molecule has 0 radical (unpaired) electrons. The molecule has 3 aliphatic rings. The first-order valence-electron chi connectivity index (χ1n) is 8.34. The number of urea groups is 1. The molecule has 2 atom stereocenters. The fourth-order valence-electron chi connectivity index (χ4n) is 3.29. The topological polar surface area (TPSA) is 138 Å². The standard InChI is InChI=1S/C13H22N4O8S/c18-12(14-24-8-5-15-3-6-23-7-4-15)11-2-1-10-9-16(11)13(19)17(10)25-26(20,21)22/h10-11H,1-9H2,(H,14,18)(H,20,21,22). The van der Waals surface area contributed by atoms with Crippen LogP contribution in [0, 0.1) is 0 Å². The van der Waals surface area contributed by atoms with E-state index in [1.807, 2.05) is 0 Å². The zero-order valence-corrected chi connectivity index (χ0v) is 14.9. The highest BCUT2D eigenvalue weighted by Crippen LogP contribution is 2.30. The van der Waals surface area contributed by atoms with Crippen LogP contribution in [-0.4, -0.2) is 97.9 Å². The van der Waals surface area contributed by atoms with Crippen LogP contribution in [-0.2, 0) is 29.1 Å². The van der Waals surface area contributed by atoms with E-state index in [0.717, 1.165) is 13.1 Å². The SMILES string of the molecule is O=C(NOCCN1CCOCC1)C1CCC2CN1C(=O)N2OS(=O)(=O)O. The first-order valence-corrected chi connectivity index (χ1v) is 9.70. The summed E-state index contributed by atoms with van der Waals surface area (Å²) in [5, 5.41) is 0.599. The third-order valence-electron chi connectivity index (χ3n) is 4.59. The summed E-state index contributed by atoms with van der Waals surface area (Å²) in [6.07, 6.45) is 0.698. The van der Waals surface area contributed by atoms with Crippen molar-refractivity contribution in [1.82, 2.24) is 20.3 Å². The van der Waals surface area contributed by atoms with Gasteiger partial charge in [-0.05, 0) is 12.8 Å². The van der Waals surface area contributed by atoms with Crippen LogP contribution in [0.1, 0.15) is 12.8 Å². The van der Waals surface area contributed by atoms with Gasteiger partial charge in [-0.1, -0.05) is 0 Å². The Kier molecular flexibility index (Phi) is 5.94. The molecule has 3 amide bonds. The van der Waals surface area contributed by atoms with Gasteiger partial charge in [-0.2, -0.15) is 13.5 Å². The van der Waals surface area contributed by atoms with Crippen molar-refractivity contribution in [3.8, 4) is 0 Å². The maximum absolute atomic E-state index is 12.3. The van der Waals surface area contributed by atoms with Gasteiger partial charge in [0.25, 0.3) is 5.91 Å². The molecule has 3 fully saturated rings. The number of morpholine rings is 1. The first-order chi connectivity index (χ1) is 12.3. The van der Waals surface area contributed by atoms with Crippen molar-refractivity contribution in [1.29, 1.82) is 0 Å². The number of hydrogen-bond donors (Lipinski definition) is 2. The minimum Gasteiger partial charge on any atom is -0.379 e. The smallest absolute Gasteiger partial charge is 0.379 e. The highest BCUT2D eigenvalue weighted by atomic mass is 32.3. The van der Waals surface area contributed by atoms with E-state index >= 15 is 0 Å². The van der Waals surface area contributed by atoms with E-state index in [4.69, 9.17) is 14.1 Å². The zero-order valence-electron chi connectivity index (χ0n) is 14.1. The zero-order chi connectivity index (χ0) is 18.7. The van der Waals surface area contributed by atoms with Crippen molar-refractivity contribution >= 4 is 22.3 Å². The number of amides is 3. The molecule has 12 nitrogen and oxygen atoms in total. The Morgan fingerprint density at radius 3 is 2.73 bits per heavy atom. The molecule has 148 valence electrons. The Labute approximate surface area is 150 Å². The van der Waals surface area contributed by atoms with E-state index in [0.29, 0.717) is 44.3 Å². The molecule has 0 spiro atoms. The molecule has 0 aromatic rings. The summed E-state index contributed by atoms with van der Waals surface area (Å²) in [4.78, 5) is 33.1. The molecule has 0 aliphatic carbocycles. The predicted octanol–water partition coefficient (Wildman–Crippen LogP) is -1.63. The maximum Gasteiger partial charge on any atom is 0.418 e. The van der Waals surface area contributed by atoms with Gasteiger partial charge in [-0.3, -0.25) is 19.1 Å². The second-order valence-corrected chi connectivity index (χ2v) is 7.28. The minimum absolute atomic E-state index is 0.139. The Morgan fingerprint density at radius 2 is 2.04 bits per heavy atom. The summed E-state index contributed by atoms with van der Waals surface area (Å²) < 4.78 is 40.0. The number of rotatable bonds is 7. The molecule has 0 saturated carbocycles. The third kappa shape index (κ3) is 4.61. The van der Waals surface area contributed by atoms with Gasteiger partial charge < -0.3 is 9.64 Å². The van der Waals surface area contributed by atoms with E-state index in [-0.39, 0.29) is 6.54 Å². The summed E-state index contributed by atoms with van der Waals surface area (Å²) in [7, 11) is -4.81. The maximum atomic E-state index is 12.3. The van der Waals surface area contributed by atoms with Crippen molar-refractivity contribution in [3.63, 3.8) is 0 Å². The lowest BCUT2D eigenvalue weighted by Crippen LogP contribution is -2.50. The monoisotopic (exact) mass is 394 g/mol. The second kappa shape index (κ2) is 8.02. The highest BCUT2D eigenvalue weighted by molar-refractivity contribution is 7.80. The molecule has 3 rings (SSSR count). The average molecular weight is 394 g/mol. The van der Waals surface area contributed by atoms with Crippen LogP contribution >= 0.6 is 0 Å². The van der Waals surface area contributed by atoms with Crippen LogP contribution in [0.25, 0.3) is 0 Å². The molecule has 3 saturated heterocycles. The number of nitrogens with one attached hydrogen (secondary N) is 1. The van der Waals surface area contributed by atoms with Crippen LogP contribution < -0.4 is 5.48 Å². The van der Waals surface area contributed by atoms with Gasteiger partial charge in [0.1, 0.15) is 6.04 Å². The molecule has 3 aliphatic heterocycles. The normalized spacial score (nSPS) is 27.0. The number of nitrogens with zero attached hydrogens (tertiary/aromatic N) is 3. The number of hydroxylamine groups is 3. The molecule has 2 N–H and O–H groups in total. The number of fused-ring (bicyclic) bond motifs is 2. The van der Waals surface area contributed by atoms with Crippen LogP contribution in [0.15, 0.2) is 0 Å². The molecule has 0 aromatic heterocycles. The van der Waals surface area contributed by atoms with Crippen LogP contribution in [0.3, 0.4) is 0 Å². The Balaban J connectivity index is 1.46. The van der Waals surface area contributed by atoms with Crippen LogP contribution in [0.4, 0.5) is 4.79 Å². The highest BCUT2D eigenvalue weighted by Gasteiger charge is 2.49. The fourth-order valence-corrected chi connectivity index (χ4v) is 3.68. The number of carbonyl (C=O) groups is 2. The largest absolute Gasteiger partial charge is 0.418 e. The Morgan fingerprint density at radius 1 is 1.31 bits per heavy atom. The molecular weight excluding hydrogens is 372 g/mol. The fraction of sp³-hybridized carbons (Fsp3) is 0.846. The molecular formula is C13H22N4O8S. The van der Waals surface area contributed by atoms with Crippen molar-refractivity contribution in [2.75, 3.05) is 46.0 Å². The number of hydrogen-bond acceptors (Lipinski definition) is 8. The summed E-state index contributed by atoms with van der Waals surface area (Å²) in [6.45, 7) is 4.06. The first kappa shape index (κ1) is 19.3. The van der Waals surface area contributed by atoms with E-state index in [2.05, 4.69) is 14.7 Å². The van der Waals surface area contributed by atoms with E-state index in [1.165, 1.54) is 4.90 Å². The Hall–Kier alpha value is -1.51. The van der Waals surface area contributed by atoms with Gasteiger partial charge in [0.15, 0.2) is 0 Å². The predicted molar refractivity (Wildman–Crippen MR) is 84.7 cm³/mol. The van der Waals surface area contributed by atoms with E-state index in [9.17, 15) is 18.0 Å². The number of piperidine rings is 1. The van der Waals surface area contributed by atoms with Crippen LogP contribution in [0.2, 0.25) is 0 Å². The Bertz CT molecular complexity index is 638. The second-order valence-electron chi connectivity index (χ2n) is 6.28. The van der Waals surface area contributed by atoms with Crippen LogP contribution in [0.5, 0.6) is 0 Å². The van der Waals surface area contributed by atoms with Crippen molar-refractivity contribution in [2.45, 2.75) is 24.9 Å². The van der Waals surface area contributed by atoms with Gasteiger partial charge in [-0.15, -0.1) is 4.28 Å². The molecule has 0 aromatic carbocycles. The molecule has 26 heavy (non-hydrogen) atoms.